The molecule has 29 heavy (non-hydrogen) atoms. The van der Waals surface area contributed by atoms with Crippen LogP contribution < -0.4 is 10.6 Å². The Morgan fingerprint density at radius 2 is 1.66 bits per heavy atom. The van der Waals surface area contributed by atoms with Crippen LogP contribution >= 0.6 is 11.8 Å². The largest absolute Gasteiger partial charge is 0.355 e. The van der Waals surface area contributed by atoms with E-state index in [0.717, 1.165) is 31.9 Å². The lowest BCUT2D eigenvalue weighted by atomic mass is 10.1. The van der Waals surface area contributed by atoms with E-state index in [-0.39, 0.29) is 11.8 Å². The molecule has 0 aromatic heterocycles. The predicted molar refractivity (Wildman–Crippen MR) is 130 cm³/mol. The normalized spacial score (nSPS) is 18.4. The van der Waals surface area contributed by atoms with Crippen LogP contribution in [0.15, 0.2) is 0 Å². The third kappa shape index (κ3) is 12.9. The van der Waals surface area contributed by atoms with Crippen molar-refractivity contribution in [3.8, 4) is 0 Å². The Bertz CT molecular complexity index is 406. The summed E-state index contributed by atoms with van der Waals surface area (Å²) in [5.74, 6) is 3.08. The fraction of sp³-hybridized carbons (Fsp3) is 0.958. The number of hydrogen-bond donors (Lipinski definition) is 2. The van der Waals surface area contributed by atoms with Crippen LogP contribution in [0.1, 0.15) is 91.9 Å². The minimum Gasteiger partial charge on any atom is -0.355 e. The highest BCUT2D eigenvalue weighted by molar-refractivity contribution is 7.99. The van der Waals surface area contributed by atoms with Crippen LogP contribution in [0.3, 0.4) is 0 Å². The highest BCUT2D eigenvalue weighted by Gasteiger charge is 2.26. The van der Waals surface area contributed by atoms with Crippen LogP contribution in [0.25, 0.3) is 0 Å². The molecule has 0 aromatic carbocycles. The molecule has 1 fully saturated rings. The van der Waals surface area contributed by atoms with Crippen molar-refractivity contribution in [2.45, 2.75) is 98.1 Å². The number of unbranched alkanes of at least 4 members (excludes halogenated alkanes) is 9. The maximum Gasteiger partial charge on any atom is 0.223 e. The molecule has 2 unspecified atom stereocenters. The molecule has 5 heteroatoms. The molecule has 2 atom stereocenters. The maximum absolute atomic E-state index is 12.3. The zero-order chi connectivity index (χ0) is 21.3. The van der Waals surface area contributed by atoms with Gasteiger partial charge in [0.15, 0.2) is 0 Å². The van der Waals surface area contributed by atoms with Crippen molar-refractivity contribution in [1.29, 1.82) is 0 Å². The average Bonchev–Trinajstić information content (AvgIpc) is 3.17. The van der Waals surface area contributed by atoms with Crippen LogP contribution in [0.5, 0.6) is 0 Å². The molecule has 2 N–H and O–H groups in total. The molecular weight excluding hydrogens is 378 g/mol. The SMILES string of the molecule is CCCCCCCCCCCCSCC(C)C(=O)NCCN1CCNC1C(C)C. The highest BCUT2D eigenvalue weighted by atomic mass is 32.2. The molecule has 0 spiro atoms. The van der Waals surface area contributed by atoms with Gasteiger partial charge in [-0.2, -0.15) is 11.8 Å². The van der Waals surface area contributed by atoms with Gasteiger partial charge in [0, 0.05) is 37.8 Å². The molecule has 1 amide bonds. The summed E-state index contributed by atoms with van der Waals surface area (Å²) in [4.78, 5) is 14.8. The summed E-state index contributed by atoms with van der Waals surface area (Å²) in [5, 5.41) is 6.68. The molecule has 0 aromatic rings. The Hall–Kier alpha value is -0.260. The second-order valence-corrected chi connectivity index (χ2v) is 10.3. The van der Waals surface area contributed by atoms with Gasteiger partial charge < -0.3 is 10.6 Å². The van der Waals surface area contributed by atoms with Crippen molar-refractivity contribution in [3.63, 3.8) is 0 Å². The van der Waals surface area contributed by atoms with E-state index in [9.17, 15) is 4.79 Å². The number of amides is 1. The summed E-state index contributed by atoms with van der Waals surface area (Å²) in [6.45, 7) is 12.7. The Labute approximate surface area is 185 Å². The quantitative estimate of drug-likeness (QED) is 0.292. The molecule has 1 aliphatic heterocycles. The highest BCUT2D eigenvalue weighted by Crippen LogP contribution is 2.15. The number of carbonyl (C=O) groups excluding carboxylic acids is 1. The molecule has 1 aliphatic rings. The monoisotopic (exact) mass is 427 g/mol. The fourth-order valence-corrected chi connectivity index (χ4v) is 5.14. The van der Waals surface area contributed by atoms with Crippen molar-refractivity contribution in [1.82, 2.24) is 15.5 Å². The molecule has 172 valence electrons. The minimum atomic E-state index is 0.112. The standard InChI is InChI=1S/C24H49N3OS/c1-5-6-7-8-9-10-11-12-13-14-19-29-20-22(4)24(28)26-16-18-27-17-15-25-23(27)21(2)3/h21-23,25H,5-20H2,1-4H3,(H,26,28). The van der Waals surface area contributed by atoms with Gasteiger partial charge in [-0.1, -0.05) is 85.5 Å². The molecule has 1 saturated heterocycles. The third-order valence-corrected chi connectivity index (χ3v) is 7.25. The van der Waals surface area contributed by atoms with E-state index in [1.165, 1.54) is 70.0 Å². The number of rotatable bonds is 18. The number of nitrogens with one attached hydrogen (secondary N) is 2. The van der Waals surface area contributed by atoms with Gasteiger partial charge in [0.1, 0.15) is 0 Å². The van der Waals surface area contributed by atoms with Crippen molar-refractivity contribution >= 4 is 17.7 Å². The lowest BCUT2D eigenvalue weighted by Gasteiger charge is -2.27. The minimum absolute atomic E-state index is 0.112. The van der Waals surface area contributed by atoms with Crippen molar-refractivity contribution in [2.24, 2.45) is 11.8 Å². The van der Waals surface area contributed by atoms with E-state index in [4.69, 9.17) is 0 Å². The molecule has 0 aliphatic carbocycles. The van der Waals surface area contributed by atoms with E-state index < -0.39 is 0 Å². The topological polar surface area (TPSA) is 44.4 Å². The molecule has 0 radical (unpaired) electrons. The van der Waals surface area contributed by atoms with E-state index in [1.54, 1.807) is 0 Å². The summed E-state index contributed by atoms with van der Waals surface area (Å²) in [5.41, 5.74) is 0. The van der Waals surface area contributed by atoms with Crippen LogP contribution in [-0.4, -0.2) is 54.7 Å². The van der Waals surface area contributed by atoms with Gasteiger partial charge in [-0.15, -0.1) is 0 Å². The first kappa shape index (κ1) is 26.8. The van der Waals surface area contributed by atoms with Crippen molar-refractivity contribution < 1.29 is 4.79 Å². The Balaban J connectivity index is 1.92. The van der Waals surface area contributed by atoms with E-state index >= 15 is 0 Å². The molecule has 0 bridgehead atoms. The number of carbonyl (C=O) groups is 1. The zero-order valence-corrected chi connectivity index (χ0v) is 20.6. The van der Waals surface area contributed by atoms with Gasteiger partial charge in [-0.05, 0) is 18.1 Å². The fourth-order valence-electron chi connectivity index (χ4n) is 4.06. The summed E-state index contributed by atoms with van der Waals surface area (Å²) in [6.07, 6.45) is 14.3. The van der Waals surface area contributed by atoms with Crippen LogP contribution in [-0.2, 0) is 4.79 Å². The van der Waals surface area contributed by atoms with E-state index in [2.05, 4.69) is 43.2 Å². The molecule has 1 rings (SSSR count). The first-order chi connectivity index (χ1) is 14.1. The van der Waals surface area contributed by atoms with Gasteiger partial charge in [0.2, 0.25) is 5.91 Å². The summed E-state index contributed by atoms with van der Waals surface area (Å²) in [7, 11) is 0. The Kier molecular flexibility index (Phi) is 16.1. The number of thioether (sulfide) groups is 1. The van der Waals surface area contributed by atoms with Crippen molar-refractivity contribution in [3.05, 3.63) is 0 Å². The van der Waals surface area contributed by atoms with Crippen LogP contribution in [0, 0.1) is 11.8 Å². The van der Waals surface area contributed by atoms with Crippen LogP contribution in [0.4, 0.5) is 0 Å². The molecular formula is C24H49N3OS. The molecule has 4 nitrogen and oxygen atoms in total. The zero-order valence-electron chi connectivity index (χ0n) is 19.8. The van der Waals surface area contributed by atoms with Gasteiger partial charge >= 0.3 is 0 Å². The predicted octanol–water partition coefficient (Wildman–Crippen LogP) is 5.28. The van der Waals surface area contributed by atoms with Gasteiger partial charge in [-0.3, -0.25) is 9.69 Å². The maximum atomic E-state index is 12.3. The number of nitrogens with zero attached hydrogens (tertiary/aromatic N) is 1. The first-order valence-corrected chi connectivity index (χ1v) is 13.5. The van der Waals surface area contributed by atoms with Crippen LogP contribution in [0.2, 0.25) is 0 Å². The summed E-state index contributed by atoms with van der Waals surface area (Å²) < 4.78 is 0. The number of hydrogen-bond acceptors (Lipinski definition) is 4. The third-order valence-electron chi connectivity index (χ3n) is 5.93. The molecule has 0 saturated carbocycles. The Morgan fingerprint density at radius 1 is 1.03 bits per heavy atom. The lowest BCUT2D eigenvalue weighted by molar-refractivity contribution is -0.123. The van der Waals surface area contributed by atoms with E-state index in [0.29, 0.717) is 12.1 Å². The average molecular weight is 428 g/mol. The summed E-state index contributed by atoms with van der Waals surface area (Å²) in [6, 6.07) is 0. The second kappa shape index (κ2) is 17.4. The van der Waals surface area contributed by atoms with Gasteiger partial charge in [-0.25, -0.2) is 0 Å². The van der Waals surface area contributed by atoms with Crippen molar-refractivity contribution in [2.75, 3.05) is 37.7 Å². The van der Waals surface area contributed by atoms with E-state index in [1.807, 2.05) is 11.8 Å². The smallest absolute Gasteiger partial charge is 0.223 e. The lowest BCUT2D eigenvalue weighted by Crippen LogP contribution is -2.44. The van der Waals surface area contributed by atoms with Gasteiger partial charge in [0.05, 0.1) is 6.17 Å². The second-order valence-electron chi connectivity index (χ2n) is 9.13. The van der Waals surface area contributed by atoms with Gasteiger partial charge in [0.25, 0.3) is 0 Å². The summed E-state index contributed by atoms with van der Waals surface area (Å²) >= 11 is 1.95. The molecule has 1 heterocycles. The first-order valence-electron chi connectivity index (χ1n) is 12.4. The Morgan fingerprint density at radius 3 is 2.28 bits per heavy atom.